The summed E-state index contributed by atoms with van der Waals surface area (Å²) in [6.07, 6.45) is 6.19. The summed E-state index contributed by atoms with van der Waals surface area (Å²) in [5.74, 6) is 0. The molecule has 0 aliphatic rings. The Labute approximate surface area is 170 Å². The van der Waals surface area contributed by atoms with Gasteiger partial charge in [0.05, 0.1) is 4.90 Å². The molecule has 2 N–H and O–H groups in total. The Morgan fingerprint density at radius 2 is 2.00 bits per heavy atom. The van der Waals surface area contributed by atoms with E-state index >= 15 is 0 Å². The smallest absolute Gasteiger partial charge is 0.330 e. The minimum Gasteiger partial charge on any atom is -0.361 e. The molecule has 0 saturated heterocycles. The highest BCUT2D eigenvalue weighted by Gasteiger charge is 2.25. The largest absolute Gasteiger partial charge is 0.361 e. The summed E-state index contributed by atoms with van der Waals surface area (Å²) in [6.45, 7) is 5.85. The van der Waals surface area contributed by atoms with Crippen molar-refractivity contribution in [1.29, 1.82) is 0 Å². The summed E-state index contributed by atoms with van der Waals surface area (Å²) in [6, 6.07) is 7.99. The normalized spacial score (nSPS) is 12.5. The number of nitrogens with zero attached hydrogens (tertiary/aromatic N) is 1. The molecule has 1 aromatic heterocycles. The van der Waals surface area contributed by atoms with Gasteiger partial charge in [0, 0.05) is 24.4 Å². The van der Waals surface area contributed by atoms with E-state index in [4.69, 9.17) is 4.74 Å². The number of H-pyrrole nitrogens is 1. The van der Waals surface area contributed by atoms with Gasteiger partial charge in [-0.2, -0.15) is 0 Å². The van der Waals surface area contributed by atoms with Gasteiger partial charge in [0.2, 0.25) is 10.0 Å². The van der Waals surface area contributed by atoms with E-state index in [0.717, 1.165) is 5.56 Å². The van der Waals surface area contributed by atoms with Crippen molar-refractivity contribution in [3.05, 3.63) is 69.0 Å². The molecule has 0 amide bonds. The van der Waals surface area contributed by atoms with Crippen molar-refractivity contribution in [3.8, 4) is 0 Å². The predicted molar refractivity (Wildman–Crippen MR) is 112 cm³/mol. The lowest BCUT2D eigenvalue weighted by molar-refractivity contribution is 0.0680. The standard InChI is InChI=1S/C20H27N3O5S/c1-4-7-16-8-5-9-17(14-16)29(26,27)22-20(2,3)11-6-13-28-15-23-12-10-18(24)21-19(23)25/h4-5,7-10,12,14,22H,6,11,13,15H2,1-3H3,(H,21,24,25)/b7-4-. The second-order valence-electron chi connectivity index (χ2n) is 7.28. The fraction of sp³-hybridized carbons (Fsp3) is 0.400. The number of ether oxygens (including phenoxy) is 1. The van der Waals surface area contributed by atoms with Gasteiger partial charge in [-0.25, -0.2) is 17.9 Å². The molecule has 0 unspecified atom stereocenters. The quantitative estimate of drug-likeness (QED) is 0.571. The number of sulfonamides is 1. The van der Waals surface area contributed by atoms with Gasteiger partial charge in [-0.05, 0) is 51.3 Å². The van der Waals surface area contributed by atoms with E-state index < -0.39 is 26.8 Å². The Hall–Kier alpha value is -2.49. The highest BCUT2D eigenvalue weighted by molar-refractivity contribution is 7.89. The number of hydrogen-bond acceptors (Lipinski definition) is 5. The van der Waals surface area contributed by atoms with Crippen LogP contribution in [0.25, 0.3) is 6.08 Å². The fourth-order valence-corrected chi connectivity index (χ4v) is 4.27. The lowest BCUT2D eigenvalue weighted by Crippen LogP contribution is -2.43. The average molecular weight is 422 g/mol. The lowest BCUT2D eigenvalue weighted by atomic mass is 10.0. The Balaban J connectivity index is 1.88. The summed E-state index contributed by atoms with van der Waals surface area (Å²) in [7, 11) is -3.66. The average Bonchev–Trinajstić information content (AvgIpc) is 2.62. The topological polar surface area (TPSA) is 110 Å². The summed E-state index contributed by atoms with van der Waals surface area (Å²) in [5.41, 5.74) is -0.852. The van der Waals surface area contributed by atoms with Crippen molar-refractivity contribution in [2.45, 2.75) is 50.8 Å². The lowest BCUT2D eigenvalue weighted by Gasteiger charge is -2.26. The molecule has 9 heteroatoms. The molecule has 0 atom stereocenters. The molecule has 0 fully saturated rings. The van der Waals surface area contributed by atoms with Crippen LogP contribution in [-0.2, 0) is 21.5 Å². The van der Waals surface area contributed by atoms with E-state index in [1.165, 1.54) is 16.8 Å². The Morgan fingerprint density at radius 3 is 2.69 bits per heavy atom. The maximum Gasteiger partial charge on any atom is 0.330 e. The summed E-state index contributed by atoms with van der Waals surface area (Å²) < 4.78 is 34.9. The van der Waals surface area contributed by atoms with E-state index in [1.54, 1.807) is 18.2 Å². The van der Waals surface area contributed by atoms with Gasteiger partial charge in [-0.15, -0.1) is 0 Å². The van der Waals surface area contributed by atoms with E-state index in [2.05, 4.69) is 9.71 Å². The summed E-state index contributed by atoms with van der Waals surface area (Å²) >= 11 is 0. The number of hydrogen-bond donors (Lipinski definition) is 2. The highest BCUT2D eigenvalue weighted by Crippen LogP contribution is 2.18. The van der Waals surface area contributed by atoms with Gasteiger partial charge >= 0.3 is 5.69 Å². The van der Waals surface area contributed by atoms with Crippen LogP contribution in [0.1, 0.15) is 39.2 Å². The van der Waals surface area contributed by atoms with Crippen molar-refractivity contribution in [2.75, 3.05) is 6.61 Å². The molecule has 0 aliphatic carbocycles. The zero-order valence-corrected chi connectivity index (χ0v) is 17.7. The molecule has 158 valence electrons. The number of benzene rings is 1. The minimum absolute atomic E-state index is 0.0134. The van der Waals surface area contributed by atoms with Crippen molar-refractivity contribution in [3.63, 3.8) is 0 Å². The first-order valence-corrected chi connectivity index (χ1v) is 10.8. The third-order valence-corrected chi connectivity index (χ3v) is 5.85. The molecule has 29 heavy (non-hydrogen) atoms. The van der Waals surface area contributed by atoms with Gasteiger partial charge in [0.1, 0.15) is 6.73 Å². The van der Waals surface area contributed by atoms with Crippen LogP contribution in [-0.4, -0.2) is 30.1 Å². The van der Waals surface area contributed by atoms with Crippen LogP contribution in [0.4, 0.5) is 0 Å². The number of allylic oxidation sites excluding steroid dienone is 1. The van der Waals surface area contributed by atoms with Crippen molar-refractivity contribution < 1.29 is 13.2 Å². The van der Waals surface area contributed by atoms with Gasteiger partial charge in [-0.1, -0.05) is 24.3 Å². The molecule has 0 radical (unpaired) electrons. The number of nitrogens with one attached hydrogen (secondary N) is 2. The first-order chi connectivity index (χ1) is 13.6. The molecule has 2 rings (SSSR count). The third kappa shape index (κ3) is 7.12. The van der Waals surface area contributed by atoms with Crippen molar-refractivity contribution >= 4 is 16.1 Å². The van der Waals surface area contributed by atoms with Crippen molar-refractivity contribution in [2.24, 2.45) is 0 Å². The number of rotatable bonds is 10. The van der Waals surface area contributed by atoms with Crippen LogP contribution in [0.5, 0.6) is 0 Å². The zero-order valence-electron chi connectivity index (χ0n) is 16.8. The minimum atomic E-state index is -3.66. The van der Waals surface area contributed by atoms with Crippen LogP contribution in [0.2, 0.25) is 0 Å². The molecule has 2 aromatic rings. The summed E-state index contributed by atoms with van der Waals surface area (Å²) in [4.78, 5) is 25.0. The Bertz CT molecular complexity index is 1070. The molecule has 8 nitrogen and oxygen atoms in total. The maximum atomic E-state index is 12.7. The SMILES string of the molecule is C/C=C\c1cccc(S(=O)(=O)NC(C)(C)CCCOCn2ccc(=O)[nH]c2=O)c1. The fourth-order valence-electron chi connectivity index (χ4n) is 2.78. The molecule has 1 heterocycles. The van der Waals surface area contributed by atoms with Gasteiger partial charge in [0.25, 0.3) is 5.56 Å². The first kappa shape index (κ1) is 22.8. The molecule has 0 aliphatic heterocycles. The van der Waals surface area contributed by atoms with Crippen molar-refractivity contribution in [1.82, 2.24) is 14.3 Å². The molecule has 0 saturated carbocycles. The van der Waals surface area contributed by atoms with Gasteiger partial charge in [0.15, 0.2) is 0 Å². The van der Waals surface area contributed by atoms with E-state index in [-0.39, 0.29) is 11.6 Å². The number of aromatic amines is 1. The molecule has 0 bridgehead atoms. The van der Waals surface area contributed by atoms with Crippen LogP contribution >= 0.6 is 0 Å². The first-order valence-electron chi connectivity index (χ1n) is 9.27. The maximum absolute atomic E-state index is 12.7. The predicted octanol–water partition coefficient (Wildman–Crippen LogP) is 2.08. The van der Waals surface area contributed by atoms with Gasteiger partial charge in [-0.3, -0.25) is 14.3 Å². The second kappa shape index (κ2) is 9.82. The summed E-state index contributed by atoms with van der Waals surface area (Å²) in [5, 5.41) is 0. The van der Waals surface area contributed by atoms with Crippen LogP contribution in [0.3, 0.4) is 0 Å². The Kier molecular flexibility index (Phi) is 7.72. The highest BCUT2D eigenvalue weighted by atomic mass is 32.2. The second-order valence-corrected chi connectivity index (χ2v) is 8.97. The Morgan fingerprint density at radius 1 is 1.24 bits per heavy atom. The van der Waals surface area contributed by atoms with Crippen LogP contribution in [0, 0.1) is 0 Å². The van der Waals surface area contributed by atoms with E-state index in [1.807, 2.05) is 39.0 Å². The molecular weight excluding hydrogens is 394 g/mol. The van der Waals surface area contributed by atoms with E-state index in [0.29, 0.717) is 19.4 Å². The van der Waals surface area contributed by atoms with Crippen LogP contribution in [0.15, 0.2) is 57.1 Å². The monoisotopic (exact) mass is 421 g/mol. The van der Waals surface area contributed by atoms with Crippen LogP contribution < -0.4 is 16.0 Å². The van der Waals surface area contributed by atoms with Gasteiger partial charge < -0.3 is 4.74 Å². The zero-order chi connectivity index (χ0) is 21.5. The molecule has 0 spiro atoms. The number of aromatic nitrogens is 2. The van der Waals surface area contributed by atoms with E-state index in [9.17, 15) is 18.0 Å². The third-order valence-electron chi connectivity index (χ3n) is 4.16. The molecular formula is C20H27N3O5S. The molecule has 1 aromatic carbocycles.